The zero-order valence-corrected chi connectivity index (χ0v) is 14.1. The predicted molar refractivity (Wildman–Crippen MR) is 89.9 cm³/mol. The molecule has 0 radical (unpaired) electrons. The van der Waals surface area contributed by atoms with E-state index in [-0.39, 0.29) is 12.2 Å². The van der Waals surface area contributed by atoms with Gasteiger partial charge in [0.05, 0.1) is 12.7 Å². The number of amides is 1. The van der Waals surface area contributed by atoms with Crippen molar-refractivity contribution in [1.29, 1.82) is 0 Å². The van der Waals surface area contributed by atoms with E-state index in [0.29, 0.717) is 17.1 Å². The quantitative estimate of drug-likeness (QED) is 0.739. The summed E-state index contributed by atoms with van der Waals surface area (Å²) in [7, 11) is 1.54. The Bertz CT molecular complexity index is 938. The largest absolute Gasteiger partial charge is 0.497 e. The number of anilines is 1. The average Bonchev–Trinajstić information content (AvgIpc) is 3.10. The summed E-state index contributed by atoms with van der Waals surface area (Å²) in [6.07, 6.45) is -4.43. The first-order valence-corrected chi connectivity index (χ1v) is 7.74. The van der Waals surface area contributed by atoms with Crippen molar-refractivity contribution >= 4 is 11.6 Å². The van der Waals surface area contributed by atoms with Crippen LogP contribution in [0.1, 0.15) is 5.56 Å². The van der Waals surface area contributed by atoms with Gasteiger partial charge >= 0.3 is 6.18 Å². The molecule has 0 spiro atoms. The molecule has 10 heteroatoms. The maximum atomic E-state index is 12.5. The van der Waals surface area contributed by atoms with Crippen LogP contribution in [0.5, 0.6) is 5.75 Å². The number of carbonyl (C=O) groups excluding carboxylic acids is 1. The van der Waals surface area contributed by atoms with E-state index in [0.717, 1.165) is 16.9 Å². The highest BCUT2D eigenvalue weighted by atomic mass is 19.4. The van der Waals surface area contributed by atoms with Crippen LogP contribution in [0.15, 0.2) is 48.5 Å². The summed E-state index contributed by atoms with van der Waals surface area (Å²) in [5.74, 6) is 0.449. The molecule has 0 atom stereocenters. The summed E-state index contributed by atoms with van der Waals surface area (Å²) in [6.45, 7) is -0.238. The maximum absolute atomic E-state index is 12.5. The summed E-state index contributed by atoms with van der Waals surface area (Å²) in [6, 6.07) is 11.2. The lowest BCUT2D eigenvalue weighted by atomic mass is 10.2. The van der Waals surface area contributed by atoms with Crippen LogP contribution < -0.4 is 10.1 Å². The van der Waals surface area contributed by atoms with Crippen LogP contribution in [0.4, 0.5) is 18.9 Å². The topological polar surface area (TPSA) is 81.9 Å². The van der Waals surface area contributed by atoms with Gasteiger partial charge in [-0.15, -0.1) is 10.2 Å². The lowest BCUT2D eigenvalue weighted by molar-refractivity contribution is -0.137. The minimum atomic E-state index is -4.43. The molecule has 2 aromatic carbocycles. The van der Waals surface area contributed by atoms with Crippen molar-refractivity contribution in [2.45, 2.75) is 12.7 Å². The second-order valence-corrected chi connectivity index (χ2v) is 5.50. The molecule has 0 fully saturated rings. The zero-order chi connectivity index (χ0) is 19.4. The molecule has 3 aromatic rings. The Labute approximate surface area is 151 Å². The van der Waals surface area contributed by atoms with E-state index in [9.17, 15) is 18.0 Å². The van der Waals surface area contributed by atoms with Crippen LogP contribution in [0.3, 0.4) is 0 Å². The standard InChI is InChI=1S/C17H14F3N5O2/c1-27-14-4-2-3-11(9-14)16-22-24-25(23-16)10-15(26)21-13-7-5-12(6-8-13)17(18,19)20/h2-9H,10H2,1H3,(H,21,26). The molecule has 7 nitrogen and oxygen atoms in total. The highest BCUT2D eigenvalue weighted by molar-refractivity contribution is 5.90. The van der Waals surface area contributed by atoms with Crippen LogP contribution in [0, 0.1) is 0 Å². The first-order chi connectivity index (χ1) is 12.8. The van der Waals surface area contributed by atoms with Gasteiger partial charge in [-0.1, -0.05) is 12.1 Å². The fourth-order valence-electron chi connectivity index (χ4n) is 2.26. The summed E-state index contributed by atoms with van der Waals surface area (Å²) >= 11 is 0. The van der Waals surface area contributed by atoms with Gasteiger partial charge in [0.1, 0.15) is 12.3 Å². The smallest absolute Gasteiger partial charge is 0.416 e. The van der Waals surface area contributed by atoms with E-state index < -0.39 is 17.6 Å². The minimum Gasteiger partial charge on any atom is -0.497 e. The van der Waals surface area contributed by atoms with E-state index in [4.69, 9.17) is 4.74 Å². The molecule has 0 bridgehead atoms. The number of methoxy groups -OCH3 is 1. The monoisotopic (exact) mass is 377 g/mol. The predicted octanol–water partition coefficient (Wildman–Crippen LogP) is 3.01. The summed E-state index contributed by atoms with van der Waals surface area (Å²) < 4.78 is 42.7. The SMILES string of the molecule is COc1cccc(-c2nnn(CC(=O)Nc3ccc(C(F)(F)F)cc3)n2)c1. The Hall–Kier alpha value is -3.43. The fraction of sp³-hybridized carbons (Fsp3) is 0.176. The van der Waals surface area contributed by atoms with Crippen molar-refractivity contribution in [3.8, 4) is 17.1 Å². The van der Waals surface area contributed by atoms with E-state index in [1.807, 2.05) is 0 Å². The third kappa shape index (κ3) is 4.60. The zero-order valence-electron chi connectivity index (χ0n) is 14.1. The van der Waals surface area contributed by atoms with E-state index in [1.54, 1.807) is 24.3 Å². The Kier molecular flexibility index (Phi) is 5.06. The number of carbonyl (C=O) groups is 1. The van der Waals surface area contributed by atoms with Crippen molar-refractivity contribution < 1.29 is 22.7 Å². The molecule has 1 N–H and O–H groups in total. The van der Waals surface area contributed by atoms with Crippen molar-refractivity contribution in [2.24, 2.45) is 0 Å². The molecule has 0 aliphatic heterocycles. The molecule has 0 saturated carbocycles. The van der Waals surface area contributed by atoms with Crippen LogP contribution in [-0.4, -0.2) is 33.2 Å². The Balaban J connectivity index is 1.64. The molecule has 0 unspecified atom stereocenters. The fourth-order valence-corrected chi connectivity index (χ4v) is 2.26. The third-order valence-corrected chi connectivity index (χ3v) is 3.56. The third-order valence-electron chi connectivity index (χ3n) is 3.56. The normalized spacial score (nSPS) is 11.3. The number of nitrogens with one attached hydrogen (secondary N) is 1. The maximum Gasteiger partial charge on any atom is 0.416 e. The molecule has 1 aromatic heterocycles. The second-order valence-electron chi connectivity index (χ2n) is 5.50. The molecule has 0 aliphatic carbocycles. The Morgan fingerprint density at radius 3 is 2.59 bits per heavy atom. The van der Waals surface area contributed by atoms with Gasteiger partial charge in [-0.3, -0.25) is 4.79 Å². The van der Waals surface area contributed by atoms with E-state index in [2.05, 4.69) is 20.7 Å². The molecule has 3 rings (SSSR count). The van der Waals surface area contributed by atoms with Gasteiger partial charge in [0, 0.05) is 11.3 Å². The number of nitrogens with zero attached hydrogens (tertiary/aromatic N) is 4. The molecule has 1 heterocycles. The van der Waals surface area contributed by atoms with Crippen molar-refractivity contribution in [3.63, 3.8) is 0 Å². The van der Waals surface area contributed by atoms with E-state index in [1.165, 1.54) is 19.2 Å². The number of halogens is 3. The lowest BCUT2D eigenvalue weighted by Crippen LogP contribution is -2.20. The number of tetrazole rings is 1. The molecular formula is C17H14F3N5O2. The molecule has 0 aliphatic rings. The van der Waals surface area contributed by atoms with E-state index >= 15 is 0 Å². The molecular weight excluding hydrogens is 363 g/mol. The van der Waals surface area contributed by atoms with Crippen molar-refractivity contribution in [3.05, 3.63) is 54.1 Å². The van der Waals surface area contributed by atoms with Crippen LogP contribution in [-0.2, 0) is 17.5 Å². The Morgan fingerprint density at radius 1 is 1.19 bits per heavy atom. The van der Waals surface area contributed by atoms with Crippen molar-refractivity contribution in [2.75, 3.05) is 12.4 Å². The molecule has 140 valence electrons. The van der Waals surface area contributed by atoms with Crippen LogP contribution >= 0.6 is 0 Å². The number of ether oxygens (including phenoxy) is 1. The highest BCUT2D eigenvalue weighted by Gasteiger charge is 2.30. The van der Waals surface area contributed by atoms with Gasteiger partial charge in [0.15, 0.2) is 0 Å². The van der Waals surface area contributed by atoms with Gasteiger partial charge in [-0.2, -0.15) is 18.0 Å². The first kappa shape index (κ1) is 18.4. The minimum absolute atomic E-state index is 0.237. The lowest BCUT2D eigenvalue weighted by Gasteiger charge is -2.08. The van der Waals surface area contributed by atoms with Gasteiger partial charge in [0.25, 0.3) is 0 Å². The number of hydrogen-bond acceptors (Lipinski definition) is 5. The first-order valence-electron chi connectivity index (χ1n) is 7.74. The highest BCUT2D eigenvalue weighted by Crippen LogP contribution is 2.29. The van der Waals surface area contributed by atoms with Crippen LogP contribution in [0.2, 0.25) is 0 Å². The second kappa shape index (κ2) is 7.44. The number of alkyl halides is 3. The van der Waals surface area contributed by atoms with Gasteiger partial charge in [0.2, 0.25) is 11.7 Å². The van der Waals surface area contributed by atoms with Gasteiger partial charge in [-0.25, -0.2) is 0 Å². The Morgan fingerprint density at radius 2 is 1.93 bits per heavy atom. The average molecular weight is 377 g/mol. The number of benzene rings is 2. The number of hydrogen-bond donors (Lipinski definition) is 1. The molecule has 0 saturated heterocycles. The summed E-state index contributed by atoms with van der Waals surface area (Å²) in [5, 5.41) is 14.3. The van der Waals surface area contributed by atoms with Gasteiger partial charge in [-0.05, 0) is 41.6 Å². The molecule has 27 heavy (non-hydrogen) atoms. The molecule has 1 amide bonds. The number of aromatic nitrogens is 4. The van der Waals surface area contributed by atoms with Crippen molar-refractivity contribution in [1.82, 2.24) is 20.2 Å². The number of rotatable bonds is 5. The summed E-state index contributed by atoms with van der Waals surface area (Å²) in [4.78, 5) is 13.1. The van der Waals surface area contributed by atoms with Gasteiger partial charge < -0.3 is 10.1 Å². The summed E-state index contributed by atoms with van der Waals surface area (Å²) in [5.41, 5.74) is 0.117. The van der Waals surface area contributed by atoms with Crippen LogP contribution in [0.25, 0.3) is 11.4 Å².